The Morgan fingerprint density at radius 2 is 2.17 bits per heavy atom. The van der Waals surface area contributed by atoms with Gasteiger partial charge in [0, 0.05) is 11.6 Å². The van der Waals surface area contributed by atoms with E-state index in [2.05, 4.69) is 15.3 Å². The number of anilines is 1. The number of amides is 1. The van der Waals surface area contributed by atoms with Crippen molar-refractivity contribution in [2.75, 3.05) is 5.32 Å². The smallest absolute Gasteiger partial charge is 0.254 e. The van der Waals surface area contributed by atoms with Gasteiger partial charge in [-0.05, 0) is 38.3 Å². The number of nitrogens with one attached hydrogen (secondary N) is 2. The van der Waals surface area contributed by atoms with E-state index in [1.807, 2.05) is 0 Å². The van der Waals surface area contributed by atoms with Crippen LogP contribution in [-0.4, -0.2) is 21.1 Å². The number of hydrogen-bond acceptors (Lipinski definition) is 4. The summed E-state index contributed by atoms with van der Waals surface area (Å²) in [7, 11) is 0. The fourth-order valence-electron chi connectivity index (χ4n) is 2.52. The number of fused-ring (bicyclic) bond motifs is 1. The van der Waals surface area contributed by atoms with E-state index in [9.17, 15) is 18.4 Å². The molecule has 0 bridgehead atoms. The predicted octanol–water partition coefficient (Wildman–Crippen LogP) is 2.66. The van der Waals surface area contributed by atoms with Gasteiger partial charge in [0.25, 0.3) is 5.56 Å². The third kappa shape index (κ3) is 3.48. The van der Waals surface area contributed by atoms with Crippen molar-refractivity contribution in [3.63, 3.8) is 0 Å². The van der Waals surface area contributed by atoms with Crippen LogP contribution in [-0.2, 0) is 17.6 Å². The number of halogens is 2. The minimum absolute atomic E-state index is 0.0933. The minimum Gasteiger partial charge on any atom is -0.323 e. The van der Waals surface area contributed by atoms with Crippen LogP contribution in [0.5, 0.6) is 0 Å². The van der Waals surface area contributed by atoms with Crippen LogP contribution < -0.4 is 10.9 Å². The highest BCUT2D eigenvalue weighted by Crippen LogP contribution is 2.24. The molecule has 1 aromatic carbocycles. The van der Waals surface area contributed by atoms with Gasteiger partial charge in [-0.15, -0.1) is 0 Å². The average molecular weight is 351 g/mol. The van der Waals surface area contributed by atoms with Crippen LogP contribution in [0.2, 0.25) is 0 Å². The Morgan fingerprint density at radius 3 is 2.92 bits per heavy atom. The van der Waals surface area contributed by atoms with E-state index in [4.69, 9.17) is 0 Å². The van der Waals surface area contributed by atoms with E-state index >= 15 is 0 Å². The summed E-state index contributed by atoms with van der Waals surface area (Å²) >= 11 is 1.08. The van der Waals surface area contributed by atoms with Gasteiger partial charge < -0.3 is 10.3 Å². The average Bonchev–Trinajstić information content (AvgIpc) is 2.99. The second-order valence-corrected chi connectivity index (χ2v) is 6.85. The molecule has 1 aromatic heterocycles. The summed E-state index contributed by atoms with van der Waals surface area (Å²) < 4.78 is 26.5. The van der Waals surface area contributed by atoms with Crippen LogP contribution in [0.4, 0.5) is 14.5 Å². The lowest BCUT2D eigenvalue weighted by Crippen LogP contribution is -2.24. The number of nitrogens with zero attached hydrogens (tertiary/aromatic N) is 1. The number of aromatic nitrogens is 2. The SMILES string of the molecule is CC(Sc1nc2c(c(=O)[nH]1)CCC2)C(=O)Nc1ccc(F)cc1F. The second kappa shape index (κ2) is 6.72. The number of aromatic amines is 1. The van der Waals surface area contributed by atoms with Gasteiger partial charge in [0.2, 0.25) is 5.91 Å². The van der Waals surface area contributed by atoms with Crippen LogP contribution >= 0.6 is 11.8 Å². The van der Waals surface area contributed by atoms with Crippen molar-refractivity contribution < 1.29 is 13.6 Å². The van der Waals surface area contributed by atoms with E-state index in [-0.39, 0.29) is 11.2 Å². The van der Waals surface area contributed by atoms with Crippen LogP contribution in [0.3, 0.4) is 0 Å². The molecule has 1 heterocycles. The Hall–Kier alpha value is -2.22. The molecule has 3 rings (SSSR count). The number of H-pyrrole nitrogens is 1. The lowest BCUT2D eigenvalue weighted by molar-refractivity contribution is -0.115. The Morgan fingerprint density at radius 1 is 1.38 bits per heavy atom. The molecule has 1 aliphatic carbocycles. The van der Waals surface area contributed by atoms with Crippen LogP contribution in [0.15, 0.2) is 28.2 Å². The molecule has 1 unspecified atom stereocenters. The van der Waals surface area contributed by atoms with Crippen LogP contribution in [0.25, 0.3) is 0 Å². The number of benzene rings is 1. The van der Waals surface area contributed by atoms with Gasteiger partial charge in [-0.2, -0.15) is 0 Å². The number of carbonyl (C=O) groups excluding carboxylic acids is 1. The molecule has 0 aliphatic heterocycles. The fraction of sp³-hybridized carbons (Fsp3) is 0.312. The van der Waals surface area contributed by atoms with Crippen molar-refractivity contribution in [3.05, 3.63) is 51.4 Å². The molecule has 2 N–H and O–H groups in total. The molecular weight excluding hydrogens is 336 g/mol. The quantitative estimate of drug-likeness (QED) is 0.656. The molecule has 2 aromatic rings. The Kier molecular flexibility index (Phi) is 4.66. The highest BCUT2D eigenvalue weighted by molar-refractivity contribution is 8.00. The summed E-state index contributed by atoms with van der Waals surface area (Å²) in [5.74, 6) is -2.02. The number of aryl methyl sites for hydroxylation is 1. The molecule has 0 saturated carbocycles. The van der Waals surface area contributed by atoms with Gasteiger partial charge in [-0.25, -0.2) is 13.8 Å². The number of carbonyl (C=O) groups is 1. The summed E-state index contributed by atoms with van der Waals surface area (Å²) in [6.07, 6.45) is 2.39. The zero-order valence-corrected chi connectivity index (χ0v) is 13.7. The van der Waals surface area contributed by atoms with Crippen molar-refractivity contribution in [2.45, 2.75) is 36.6 Å². The number of thioether (sulfide) groups is 1. The van der Waals surface area contributed by atoms with Gasteiger partial charge in [0.05, 0.1) is 16.6 Å². The monoisotopic (exact) mass is 351 g/mol. The predicted molar refractivity (Wildman–Crippen MR) is 87.2 cm³/mol. The number of hydrogen-bond donors (Lipinski definition) is 2. The zero-order valence-electron chi connectivity index (χ0n) is 12.9. The molecule has 24 heavy (non-hydrogen) atoms. The first-order valence-electron chi connectivity index (χ1n) is 7.48. The normalized spacial score (nSPS) is 14.3. The molecule has 1 aliphatic rings. The lowest BCUT2D eigenvalue weighted by Gasteiger charge is -2.12. The Labute approximate surface area is 140 Å². The fourth-order valence-corrected chi connectivity index (χ4v) is 3.34. The van der Waals surface area contributed by atoms with Gasteiger partial charge >= 0.3 is 0 Å². The summed E-state index contributed by atoms with van der Waals surface area (Å²) in [6.45, 7) is 1.62. The maximum atomic E-state index is 13.6. The largest absolute Gasteiger partial charge is 0.323 e. The molecule has 1 amide bonds. The first-order chi connectivity index (χ1) is 11.4. The number of rotatable bonds is 4. The summed E-state index contributed by atoms with van der Waals surface area (Å²) in [5, 5.41) is 2.15. The maximum Gasteiger partial charge on any atom is 0.254 e. The summed E-state index contributed by atoms with van der Waals surface area (Å²) in [4.78, 5) is 31.2. The molecule has 0 radical (unpaired) electrons. The highest BCUT2D eigenvalue weighted by atomic mass is 32.2. The first kappa shape index (κ1) is 16.6. The zero-order chi connectivity index (χ0) is 17.3. The third-order valence-electron chi connectivity index (χ3n) is 3.77. The molecular formula is C16H15F2N3O2S. The van der Waals surface area contributed by atoms with Crippen LogP contribution in [0.1, 0.15) is 24.6 Å². The van der Waals surface area contributed by atoms with Crippen molar-refractivity contribution >= 4 is 23.4 Å². The van der Waals surface area contributed by atoms with Gasteiger partial charge in [0.15, 0.2) is 5.16 Å². The topological polar surface area (TPSA) is 74.8 Å². The lowest BCUT2D eigenvalue weighted by atomic mass is 10.3. The van der Waals surface area contributed by atoms with Gasteiger partial charge in [-0.3, -0.25) is 9.59 Å². The molecule has 0 spiro atoms. The summed E-state index contributed by atoms with van der Waals surface area (Å²) in [6, 6.07) is 2.93. The van der Waals surface area contributed by atoms with Crippen molar-refractivity contribution in [1.29, 1.82) is 0 Å². The molecule has 0 fully saturated rings. The van der Waals surface area contributed by atoms with Gasteiger partial charge in [-0.1, -0.05) is 11.8 Å². The molecule has 5 nitrogen and oxygen atoms in total. The third-order valence-corrected chi connectivity index (χ3v) is 4.75. The van der Waals surface area contributed by atoms with E-state index in [0.717, 1.165) is 48.9 Å². The van der Waals surface area contributed by atoms with Crippen molar-refractivity contribution in [2.24, 2.45) is 0 Å². The Bertz CT molecular complexity index is 854. The van der Waals surface area contributed by atoms with E-state index in [1.54, 1.807) is 6.92 Å². The summed E-state index contributed by atoms with van der Waals surface area (Å²) in [5.41, 5.74) is 1.23. The van der Waals surface area contributed by atoms with Crippen molar-refractivity contribution in [1.82, 2.24) is 9.97 Å². The van der Waals surface area contributed by atoms with Gasteiger partial charge in [0.1, 0.15) is 11.6 Å². The first-order valence-corrected chi connectivity index (χ1v) is 8.36. The van der Waals surface area contributed by atoms with Crippen LogP contribution in [0, 0.1) is 11.6 Å². The van der Waals surface area contributed by atoms with E-state index in [0.29, 0.717) is 16.8 Å². The minimum atomic E-state index is -0.843. The molecule has 0 saturated heterocycles. The molecule has 126 valence electrons. The Balaban J connectivity index is 1.70. The molecule has 1 atom stereocenters. The second-order valence-electron chi connectivity index (χ2n) is 5.52. The highest BCUT2D eigenvalue weighted by Gasteiger charge is 2.21. The van der Waals surface area contributed by atoms with Crippen molar-refractivity contribution in [3.8, 4) is 0 Å². The standard InChI is InChI=1S/C16H15F2N3O2S/c1-8(14(22)19-13-6-5-9(17)7-11(13)18)24-16-20-12-4-2-3-10(12)15(23)21-16/h5-8H,2-4H2,1H3,(H,19,22)(H,20,21,23). The van der Waals surface area contributed by atoms with E-state index in [1.165, 1.54) is 0 Å². The maximum absolute atomic E-state index is 13.6. The molecule has 8 heteroatoms. The van der Waals surface area contributed by atoms with E-state index < -0.39 is 22.8 Å².